The van der Waals surface area contributed by atoms with Crippen molar-refractivity contribution in [3.8, 4) is 0 Å². The second-order valence-electron chi connectivity index (χ2n) is 8.93. The predicted octanol–water partition coefficient (Wildman–Crippen LogP) is 3.36. The molecule has 0 radical (unpaired) electrons. The van der Waals surface area contributed by atoms with Gasteiger partial charge in [-0.25, -0.2) is 4.79 Å². The van der Waals surface area contributed by atoms with Crippen molar-refractivity contribution in [2.75, 3.05) is 25.1 Å². The Bertz CT molecular complexity index is 770. The molecule has 1 unspecified atom stereocenters. The summed E-state index contributed by atoms with van der Waals surface area (Å²) in [4.78, 5) is 39.5. The van der Waals surface area contributed by atoms with Crippen LogP contribution < -0.4 is 10.6 Å². The van der Waals surface area contributed by atoms with Gasteiger partial charge in [0.15, 0.2) is 0 Å². The summed E-state index contributed by atoms with van der Waals surface area (Å²) in [5, 5.41) is 5.95. The predicted molar refractivity (Wildman–Crippen MR) is 124 cm³/mol. The first-order valence-corrected chi connectivity index (χ1v) is 12.1. The molecule has 31 heavy (non-hydrogen) atoms. The maximum Gasteiger partial charge on any atom is 0.410 e. The van der Waals surface area contributed by atoms with Crippen molar-refractivity contribution >= 4 is 29.7 Å². The third-order valence-electron chi connectivity index (χ3n) is 5.01. The van der Waals surface area contributed by atoms with Gasteiger partial charge in [-0.05, 0) is 71.1 Å². The third-order valence-corrected chi connectivity index (χ3v) is 5.65. The molecule has 2 N–H and O–H groups in total. The summed E-state index contributed by atoms with van der Waals surface area (Å²) in [5.41, 5.74) is 1.02. The average molecular weight is 450 g/mol. The van der Waals surface area contributed by atoms with E-state index < -0.39 is 11.6 Å². The first kappa shape index (κ1) is 25.0. The largest absolute Gasteiger partial charge is 0.444 e. The van der Waals surface area contributed by atoms with Crippen molar-refractivity contribution in [2.24, 2.45) is 0 Å². The Morgan fingerprint density at radius 1 is 1.23 bits per heavy atom. The Morgan fingerprint density at radius 2 is 1.90 bits per heavy atom. The number of rotatable bonds is 7. The molecule has 0 bridgehead atoms. The van der Waals surface area contributed by atoms with E-state index in [1.165, 1.54) is 0 Å². The maximum absolute atomic E-state index is 12.9. The molecule has 0 saturated carbocycles. The van der Waals surface area contributed by atoms with Crippen molar-refractivity contribution in [3.63, 3.8) is 0 Å². The molecule has 1 atom stereocenters. The Morgan fingerprint density at radius 3 is 2.48 bits per heavy atom. The molecule has 0 spiro atoms. The number of piperidine rings is 1. The van der Waals surface area contributed by atoms with Crippen LogP contribution in [0, 0.1) is 6.92 Å². The summed E-state index contributed by atoms with van der Waals surface area (Å²) < 4.78 is 5.42. The van der Waals surface area contributed by atoms with Crippen molar-refractivity contribution in [2.45, 2.75) is 64.6 Å². The maximum atomic E-state index is 12.9. The van der Waals surface area contributed by atoms with Gasteiger partial charge in [-0.2, -0.15) is 11.8 Å². The molecule has 1 aliphatic heterocycles. The van der Waals surface area contributed by atoms with Crippen LogP contribution in [0.2, 0.25) is 0 Å². The number of nitrogens with one attached hydrogen (secondary N) is 2. The molecule has 1 aromatic carbocycles. The van der Waals surface area contributed by atoms with Crippen LogP contribution in [0.15, 0.2) is 24.3 Å². The summed E-state index contributed by atoms with van der Waals surface area (Å²) in [6.07, 6.45) is 3.53. The molecule has 1 aromatic rings. The SMILES string of the molecule is CSCCC(NC(=O)c1cccc(C)c1)C(=O)NC1CCN(C(=O)OC(C)(C)C)CC1. The van der Waals surface area contributed by atoms with E-state index in [0.29, 0.717) is 37.9 Å². The molecule has 1 heterocycles. The standard InChI is InChI=1S/C23H35N3O4S/c1-16-7-6-8-17(15-16)20(27)25-19(11-14-31-5)21(28)24-18-9-12-26(13-10-18)22(29)30-23(2,3)4/h6-8,15,18-19H,9-14H2,1-5H3,(H,24,28)(H,25,27). The number of nitrogens with zero attached hydrogens (tertiary/aromatic N) is 1. The van der Waals surface area contributed by atoms with Crippen LogP contribution in [0.5, 0.6) is 0 Å². The zero-order valence-corrected chi connectivity index (χ0v) is 20.0. The van der Waals surface area contributed by atoms with Crippen LogP contribution >= 0.6 is 11.8 Å². The van der Waals surface area contributed by atoms with E-state index >= 15 is 0 Å². The summed E-state index contributed by atoms with van der Waals surface area (Å²) in [6, 6.07) is 6.70. The summed E-state index contributed by atoms with van der Waals surface area (Å²) in [5.74, 6) is 0.346. The molecule has 2 rings (SSSR count). The topological polar surface area (TPSA) is 87.7 Å². The lowest BCUT2D eigenvalue weighted by atomic mass is 10.0. The van der Waals surface area contributed by atoms with E-state index in [0.717, 1.165) is 11.3 Å². The molecule has 1 saturated heterocycles. The van der Waals surface area contributed by atoms with Crippen LogP contribution in [0.1, 0.15) is 56.0 Å². The molecule has 0 aliphatic carbocycles. The fourth-order valence-corrected chi connectivity index (χ4v) is 3.84. The Labute approximate surface area is 189 Å². The highest BCUT2D eigenvalue weighted by molar-refractivity contribution is 7.98. The van der Waals surface area contributed by atoms with Gasteiger partial charge >= 0.3 is 6.09 Å². The fraction of sp³-hybridized carbons (Fsp3) is 0.609. The van der Waals surface area contributed by atoms with E-state index in [4.69, 9.17) is 4.74 Å². The van der Waals surface area contributed by atoms with Gasteiger partial charge in [-0.1, -0.05) is 17.7 Å². The number of hydrogen-bond donors (Lipinski definition) is 2. The molecular weight excluding hydrogens is 414 g/mol. The minimum Gasteiger partial charge on any atom is -0.444 e. The first-order chi connectivity index (χ1) is 14.6. The highest BCUT2D eigenvalue weighted by atomic mass is 32.2. The molecule has 3 amide bonds. The lowest BCUT2D eigenvalue weighted by molar-refractivity contribution is -0.124. The van der Waals surface area contributed by atoms with Crippen LogP contribution in [-0.2, 0) is 9.53 Å². The minimum absolute atomic E-state index is 0.0289. The number of thioether (sulfide) groups is 1. The first-order valence-electron chi connectivity index (χ1n) is 10.7. The van der Waals surface area contributed by atoms with Crippen LogP contribution in [0.3, 0.4) is 0 Å². The average Bonchev–Trinajstić information content (AvgIpc) is 2.70. The number of aryl methyl sites for hydroxylation is 1. The second-order valence-corrected chi connectivity index (χ2v) is 9.91. The van der Waals surface area contributed by atoms with Crippen molar-refractivity contribution in [1.82, 2.24) is 15.5 Å². The van der Waals surface area contributed by atoms with E-state index in [1.807, 2.05) is 52.1 Å². The zero-order chi connectivity index (χ0) is 23.0. The van der Waals surface area contributed by atoms with E-state index in [1.54, 1.807) is 22.7 Å². The minimum atomic E-state index is -0.593. The molecule has 8 heteroatoms. The lowest BCUT2D eigenvalue weighted by Crippen LogP contribution is -2.53. The highest BCUT2D eigenvalue weighted by Crippen LogP contribution is 2.16. The van der Waals surface area contributed by atoms with Crippen molar-refractivity contribution in [3.05, 3.63) is 35.4 Å². The van der Waals surface area contributed by atoms with E-state index in [9.17, 15) is 14.4 Å². The molecular formula is C23H35N3O4S. The lowest BCUT2D eigenvalue weighted by Gasteiger charge is -2.34. The molecule has 172 valence electrons. The van der Waals surface area contributed by atoms with Crippen molar-refractivity contribution in [1.29, 1.82) is 0 Å². The van der Waals surface area contributed by atoms with Gasteiger partial charge in [0.1, 0.15) is 11.6 Å². The van der Waals surface area contributed by atoms with E-state index in [2.05, 4.69) is 10.6 Å². The summed E-state index contributed by atoms with van der Waals surface area (Å²) in [6.45, 7) is 8.53. The normalized spacial score (nSPS) is 15.8. The number of benzene rings is 1. The Kier molecular flexibility index (Phi) is 9.22. The highest BCUT2D eigenvalue weighted by Gasteiger charge is 2.29. The quantitative estimate of drug-likeness (QED) is 0.666. The Hall–Kier alpha value is -2.22. The van der Waals surface area contributed by atoms with Crippen LogP contribution in [0.4, 0.5) is 4.79 Å². The van der Waals surface area contributed by atoms with Gasteiger partial charge in [-0.3, -0.25) is 9.59 Å². The van der Waals surface area contributed by atoms with Gasteiger partial charge in [0.25, 0.3) is 5.91 Å². The number of ether oxygens (including phenoxy) is 1. The van der Waals surface area contributed by atoms with Gasteiger partial charge in [0.2, 0.25) is 5.91 Å². The summed E-state index contributed by atoms with van der Waals surface area (Å²) in [7, 11) is 0. The summed E-state index contributed by atoms with van der Waals surface area (Å²) >= 11 is 1.64. The second kappa shape index (κ2) is 11.4. The van der Waals surface area contributed by atoms with Gasteiger partial charge < -0.3 is 20.3 Å². The van der Waals surface area contributed by atoms with Gasteiger partial charge in [0.05, 0.1) is 0 Å². The van der Waals surface area contributed by atoms with Crippen molar-refractivity contribution < 1.29 is 19.1 Å². The van der Waals surface area contributed by atoms with E-state index in [-0.39, 0.29) is 23.9 Å². The zero-order valence-electron chi connectivity index (χ0n) is 19.2. The van der Waals surface area contributed by atoms with Gasteiger partial charge in [-0.15, -0.1) is 0 Å². The Balaban J connectivity index is 1.91. The molecule has 1 fully saturated rings. The third kappa shape index (κ3) is 8.44. The van der Waals surface area contributed by atoms with Gasteiger partial charge in [0, 0.05) is 24.7 Å². The molecule has 7 nitrogen and oxygen atoms in total. The monoisotopic (exact) mass is 449 g/mol. The fourth-order valence-electron chi connectivity index (χ4n) is 3.37. The number of likely N-dealkylation sites (tertiary alicyclic amines) is 1. The number of hydrogen-bond acceptors (Lipinski definition) is 5. The van der Waals surface area contributed by atoms with Crippen LogP contribution in [-0.4, -0.2) is 65.6 Å². The number of amides is 3. The molecule has 0 aromatic heterocycles. The number of carbonyl (C=O) groups is 3. The smallest absolute Gasteiger partial charge is 0.410 e. The number of carbonyl (C=O) groups excluding carboxylic acids is 3. The molecule has 1 aliphatic rings. The van der Waals surface area contributed by atoms with Crippen LogP contribution in [0.25, 0.3) is 0 Å².